The highest BCUT2D eigenvalue weighted by atomic mass is 35.5. The number of sulfone groups is 1. The molecule has 0 unspecified atom stereocenters. The number of benzene rings is 1. The summed E-state index contributed by atoms with van der Waals surface area (Å²) in [5.41, 5.74) is 1.89. The van der Waals surface area contributed by atoms with Gasteiger partial charge in [-0.15, -0.1) is 11.6 Å². The molecule has 0 aliphatic carbocycles. The van der Waals surface area contributed by atoms with Gasteiger partial charge in [0.15, 0.2) is 9.84 Å². The third kappa shape index (κ3) is 6.41. The Morgan fingerprint density at radius 2 is 1.76 bits per heavy atom. The zero-order chi connectivity index (χ0) is 21.6. The molecule has 0 radical (unpaired) electrons. The van der Waals surface area contributed by atoms with Crippen LogP contribution in [0.1, 0.15) is 17.4 Å². The Bertz CT molecular complexity index is 925. The molecule has 0 saturated heterocycles. The van der Waals surface area contributed by atoms with E-state index in [1.165, 1.54) is 18.3 Å². The second-order valence-corrected chi connectivity index (χ2v) is 8.82. The maximum Gasteiger partial charge on any atom is 0.315 e. The number of pyridine rings is 1. The fraction of sp³-hybridized carbons (Fsp3) is 0.333. The smallest absolute Gasteiger partial charge is 0.315 e. The van der Waals surface area contributed by atoms with Crippen LogP contribution in [-0.4, -0.2) is 48.8 Å². The number of nitrogens with one attached hydrogen (secondary N) is 1. The second kappa shape index (κ2) is 10.0. The molecule has 29 heavy (non-hydrogen) atoms. The van der Waals surface area contributed by atoms with E-state index in [-0.39, 0.29) is 11.3 Å². The number of hydrogen-bond acceptors (Lipinski definition) is 5. The number of carbonyl (C=O) groups excluding carboxylic acids is 1. The van der Waals surface area contributed by atoms with E-state index < -0.39 is 46.2 Å². The number of carbonyl (C=O) groups is 1. The molecule has 2 aromatic rings. The Balaban J connectivity index is 2.12. The number of rotatable bonds is 9. The Morgan fingerprint density at radius 1 is 1.14 bits per heavy atom. The zero-order valence-electron chi connectivity index (χ0n) is 14.9. The van der Waals surface area contributed by atoms with Crippen LogP contribution in [0.25, 0.3) is 11.1 Å². The maximum atomic E-state index is 13.1. The first kappa shape index (κ1) is 23.1. The van der Waals surface area contributed by atoms with Crippen molar-refractivity contribution in [1.82, 2.24) is 10.3 Å². The summed E-state index contributed by atoms with van der Waals surface area (Å²) in [5.74, 6) is -1.94. The Kier molecular flexibility index (Phi) is 8.00. The predicted octanol–water partition coefficient (Wildman–Crippen LogP) is 2.61. The van der Waals surface area contributed by atoms with Crippen LogP contribution in [0.4, 0.5) is 13.2 Å². The number of aromatic nitrogens is 1. The van der Waals surface area contributed by atoms with Crippen molar-refractivity contribution in [3.05, 3.63) is 53.9 Å². The predicted molar refractivity (Wildman–Crippen MR) is 102 cm³/mol. The molecule has 2 rings (SSSR count). The van der Waals surface area contributed by atoms with Gasteiger partial charge in [0.05, 0.1) is 17.5 Å². The maximum absolute atomic E-state index is 13.1. The summed E-state index contributed by atoms with van der Waals surface area (Å²) in [6.45, 7) is -1.22. The van der Waals surface area contributed by atoms with Gasteiger partial charge >= 0.3 is 6.43 Å². The minimum Gasteiger partial charge on any atom is -0.386 e. The van der Waals surface area contributed by atoms with Gasteiger partial charge in [0.1, 0.15) is 18.0 Å². The average molecular weight is 451 g/mol. The molecule has 1 heterocycles. The topological polar surface area (TPSA) is 96.4 Å². The molecule has 0 saturated carbocycles. The van der Waals surface area contributed by atoms with Crippen molar-refractivity contribution in [3.63, 3.8) is 0 Å². The van der Waals surface area contributed by atoms with E-state index in [0.29, 0.717) is 16.8 Å². The van der Waals surface area contributed by atoms with Crippen LogP contribution < -0.4 is 5.32 Å². The van der Waals surface area contributed by atoms with Gasteiger partial charge in [0.2, 0.25) is 0 Å². The van der Waals surface area contributed by atoms with Gasteiger partial charge in [-0.1, -0.05) is 30.3 Å². The lowest BCUT2D eigenvalue weighted by Crippen LogP contribution is -2.43. The average Bonchev–Trinajstić information content (AvgIpc) is 2.71. The van der Waals surface area contributed by atoms with Gasteiger partial charge in [-0.05, 0) is 17.2 Å². The van der Waals surface area contributed by atoms with E-state index >= 15 is 0 Å². The molecular formula is C18H18ClF3N2O4S. The molecule has 1 aromatic carbocycles. The van der Waals surface area contributed by atoms with E-state index in [1.54, 1.807) is 29.6 Å². The minimum atomic E-state index is -3.42. The fourth-order valence-electron chi connectivity index (χ4n) is 2.50. The summed E-state index contributed by atoms with van der Waals surface area (Å²) in [5, 5.41) is 11.4. The van der Waals surface area contributed by atoms with E-state index in [2.05, 4.69) is 4.98 Å². The number of aliphatic hydroxyl groups excluding tert-OH is 1. The van der Waals surface area contributed by atoms with Crippen molar-refractivity contribution in [2.24, 2.45) is 0 Å². The highest BCUT2D eigenvalue weighted by Gasteiger charge is 2.26. The fourth-order valence-corrected chi connectivity index (χ4v) is 3.43. The van der Waals surface area contributed by atoms with Crippen LogP contribution in [0.5, 0.6) is 0 Å². The lowest BCUT2D eigenvalue weighted by Gasteiger charge is -2.22. The zero-order valence-corrected chi connectivity index (χ0v) is 16.5. The van der Waals surface area contributed by atoms with Crippen LogP contribution >= 0.6 is 11.6 Å². The van der Waals surface area contributed by atoms with E-state index in [4.69, 9.17) is 11.6 Å². The molecule has 0 fully saturated rings. The van der Waals surface area contributed by atoms with Gasteiger partial charge in [0.25, 0.3) is 5.91 Å². The summed E-state index contributed by atoms with van der Waals surface area (Å²) >= 11 is 5.37. The molecule has 1 amide bonds. The highest BCUT2D eigenvalue weighted by Crippen LogP contribution is 2.24. The number of halogens is 4. The number of amides is 1. The highest BCUT2D eigenvalue weighted by molar-refractivity contribution is 7.91. The molecule has 158 valence electrons. The molecule has 11 heteroatoms. The number of alkyl halides is 4. The van der Waals surface area contributed by atoms with Crippen molar-refractivity contribution in [1.29, 1.82) is 0 Å². The second-order valence-electron chi connectivity index (χ2n) is 6.17. The minimum absolute atomic E-state index is 0.226. The molecule has 0 aliphatic heterocycles. The van der Waals surface area contributed by atoms with Crippen LogP contribution in [-0.2, 0) is 20.4 Å². The van der Waals surface area contributed by atoms with Gasteiger partial charge in [0, 0.05) is 11.8 Å². The Labute approximate surface area is 170 Å². The van der Waals surface area contributed by atoms with E-state index in [9.17, 15) is 31.5 Å². The standard InChI is InChI=1S/C18H18ClF3N2O4S/c19-10-29(27,28)9-14-6-5-13(8-23-14)11-1-3-12(4-2-11)16(25)15(7-20)24-18(26)17(21)22/h1-6,8,15-17,25H,7,9-10H2,(H,24,26)/t15-,16-/m1/s1. The first-order valence-corrected chi connectivity index (χ1v) is 10.7. The number of hydrogen-bond donors (Lipinski definition) is 2. The normalized spacial score (nSPS) is 13.9. The monoisotopic (exact) mass is 450 g/mol. The lowest BCUT2D eigenvalue weighted by molar-refractivity contribution is -0.133. The van der Waals surface area contributed by atoms with E-state index in [0.717, 1.165) is 0 Å². The SMILES string of the molecule is O=C(N[C@H](CF)[C@H](O)c1ccc(-c2ccc(CS(=O)(=O)CCl)nc2)cc1)C(F)F. The van der Waals surface area contributed by atoms with Crippen LogP contribution in [0.2, 0.25) is 0 Å². The number of aliphatic hydroxyl groups is 1. The summed E-state index contributed by atoms with van der Waals surface area (Å²) < 4.78 is 60.7. The molecule has 2 atom stereocenters. The van der Waals surface area contributed by atoms with Gasteiger partial charge in [-0.2, -0.15) is 8.78 Å². The van der Waals surface area contributed by atoms with Crippen LogP contribution in [0, 0.1) is 0 Å². The molecule has 0 bridgehead atoms. The summed E-state index contributed by atoms with van der Waals surface area (Å²) in [6.07, 6.45) is -3.36. The van der Waals surface area contributed by atoms with E-state index in [1.807, 2.05) is 0 Å². The summed E-state index contributed by atoms with van der Waals surface area (Å²) in [6, 6.07) is 7.80. The summed E-state index contributed by atoms with van der Waals surface area (Å²) in [7, 11) is -3.42. The van der Waals surface area contributed by atoms with Gasteiger partial charge in [-0.3, -0.25) is 9.78 Å². The van der Waals surface area contributed by atoms with Crippen molar-refractivity contribution in [2.75, 3.05) is 11.9 Å². The molecule has 2 N–H and O–H groups in total. The number of nitrogens with zero attached hydrogens (tertiary/aromatic N) is 1. The third-order valence-electron chi connectivity index (χ3n) is 4.02. The Morgan fingerprint density at radius 3 is 2.24 bits per heavy atom. The van der Waals surface area contributed by atoms with Gasteiger partial charge < -0.3 is 10.4 Å². The third-order valence-corrected chi connectivity index (χ3v) is 6.08. The Hall–Kier alpha value is -2.17. The quantitative estimate of drug-likeness (QED) is 0.572. The molecule has 0 aliphatic rings. The molecule has 6 nitrogen and oxygen atoms in total. The van der Waals surface area contributed by atoms with Crippen molar-refractivity contribution in [2.45, 2.75) is 24.3 Å². The van der Waals surface area contributed by atoms with Crippen LogP contribution in [0.3, 0.4) is 0 Å². The van der Waals surface area contributed by atoms with Crippen LogP contribution in [0.15, 0.2) is 42.6 Å². The summed E-state index contributed by atoms with van der Waals surface area (Å²) in [4.78, 5) is 15.1. The molecular weight excluding hydrogens is 433 g/mol. The first-order chi connectivity index (χ1) is 13.7. The van der Waals surface area contributed by atoms with Crippen molar-refractivity contribution >= 4 is 27.3 Å². The van der Waals surface area contributed by atoms with Gasteiger partial charge in [-0.25, -0.2) is 12.8 Å². The lowest BCUT2D eigenvalue weighted by atomic mass is 9.99. The largest absolute Gasteiger partial charge is 0.386 e. The van der Waals surface area contributed by atoms with Crippen molar-refractivity contribution < 1.29 is 31.5 Å². The molecule has 1 aromatic heterocycles. The van der Waals surface area contributed by atoms with Crippen molar-refractivity contribution in [3.8, 4) is 11.1 Å². The molecule has 0 spiro atoms. The first-order valence-electron chi connectivity index (χ1n) is 8.31.